The van der Waals surface area contributed by atoms with Crippen LogP contribution in [0.15, 0.2) is 24.3 Å². The van der Waals surface area contributed by atoms with E-state index in [1.807, 2.05) is 7.05 Å². The normalized spacial score (nSPS) is 17.3. The highest BCUT2D eigenvalue weighted by molar-refractivity contribution is 5.61. The van der Waals surface area contributed by atoms with Crippen LogP contribution in [-0.2, 0) is 6.42 Å². The summed E-state index contributed by atoms with van der Waals surface area (Å²) in [5, 5.41) is 6.52. The van der Waals surface area contributed by atoms with Crippen LogP contribution in [-0.4, -0.2) is 36.1 Å². The van der Waals surface area contributed by atoms with E-state index < -0.39 is 5.82 Å². The quantitative estimate of drug-likeness (QED) is 0.689. The maximum Gasteiger partial charge on any atom is 0.229 e. The summed E-state index contributed by atoms with van der Waals surface area (Å²) >= 11 is 0. The van der Waals surface area contributed by atoms with Gasteiger partial charge in [0.05, 0.1) is 5.69 Å². The standard InChI is InChI=1S/C19H27FN6/c1-3-5-13-11-18(26-9-4-6-15(12-26)22-2)25-19(23-13)24-14-7-8-16(20)17(21)10-14/h7-8,10-11,15,22H,3-6,9,12,21H2,1-2H3,(H,23,24,25)/t15-/m1/s1. The lowest BCUT2D eigenvalue weighted by atomic mass is 10.1. The van der Waals surface area contributed by atoms with Crippen molar-refractivity contribution in [1.29, 1.82) is 0 Å². The highest BCUT2D eigenvalue weighted by Gasteiger charge is 2.20. The van der Waals surface area contributed by atoms with Crippen LogP contribution in [0.3, 0.4) is 0 Å². The first-order valence-electron chi connectivity index (χ1n) is 9.21. The number of nitrogens with one attached hydrogen (secondary N) is 2. The third-order valence-corrected chi connectivity index (χ3v) is 4.68. The second-order valence-corrected chi connectivity index (χ2v) is 6.73. The van der Waals surface area contributed by atoms with Crippen LogP contribution >= 0.6 is 0 Å². The monoisotopic (exact) mass is 358 g/mol. The number of nitrogens with two attached hydrogens (primary N) is 1. The second-order valence-electron chi connectivity index (χ2n) is 6.73. The van der Waals surface area contributed by atoms with Gasteiger partial charge in [0.1, 0.15) is 11.6 Å². The van der Waals surface area contributed by atoms with E-state index in [4.69, 9.17) is 10.7 Å². The number of hydrogen-bond acceptors (Lipinski definition) is 6. The predicted molar refractivity (Wildman–Crippen MR) is 104 cm³/mol. The molecule has 1 aliphatic heterocycles. The Labute approximate surface area is 154 Å². The number of benzene rings is 1. The molecule has 0 unspecified atom stereocenters. The minimum atomic E-state index is -0.427. The largest absolute Gasteiger partial charge is 0.396 e. The molecule has 1 aromatic carbocycles. The number of halogens is 1. The van der Waals surface area contributed by atoms with Gasteiger partial charge in [-0.1, -0.05) is 13.3 Å². The van der Waals surface area contributed by atoms with Crippen LogP contribution in [0.1, 0.15) is 31.9 Å². The van der Waals surface area contributed by atoms with Gasteiger partial charge in [0.25, 0.3) is 0 Å². The Balaban J connectivity index is 1.86. The van der Waals surface area contributed by atoms with Gasteiger partial charge in [-0.2, -0.15) is 4.98 Å². The maximum absolute atomic E-state index is 13.4. The van der Waals surface area contributed by atoms with Crippen molar-refractivity contribution in [3.05, 3.63) is 35.8 Å². The molecular weight excluding hydrogens is 331 g/mol. The average molecular weight is 358 g/mol. The Kier molecular flexibility index (Phi) is 5.88. The third kappa shape index (κ3) is 4.40. The fourth-order valence-electron chi connectivity index (χ4n) is 3.26. The molecule has 4 N–H and O–H groups in total. The van der Waals surface area contributed by atoms with Crippen LogP contribution in [0.4, 0.5) is 27.5 Å². The summed E-state index contributed by atoms with van der Waals surface area (Å²) < 4.78 is 13.4. The van der Waals surface area contributed by atoms with Gasteiger partial charge in [0.2, 0.25) is 5.95 Å². The van der Waals surface area contributed by atoms with Crippen molar-refractivity contribution < 1.29 is 4.39 Å². The number of rotatable bonds is 6. The van der Waals surface area contributed by atoms with Crippen molar-refractivity contribution in [3.8, 4) is 0 Å². The van der Waals surface area contributed by atoms with E-state index in [0.29, 0.717) is 17.7 Å². The lowest BCUT2D eigenvalue weighted by molar-refractivity contribution is 0.447. The Morgan fingerprint density at radius 3 is 2.88 bits per heavy atom. The van der Waals surface area contributed by atoms with E-state index in [2.05, 4.69) is 33.5 Å². The smallest absolute Gasteiger partial charge is 0.229 e. The number of aryl methyl sites for hydroxylation is 1. The molecule has 1 aliphatic rings. The SMILES string of the molecule is CCCc1cc(N2CCC[C@@H](NC)C2)nc(Nc2ccc(F)c(N)c2)n1. The van der Waals surface area contributed by atoms with Gasteiger partial charge >= 0.3 is 0 Å². The summed E-state index contributed by atoms with van der Waals surface area (Å²) in [7, 11) is 2.00. The maximum atomic E-state index is 13.4. The third-order valence-electron chi connectivity index (χ3n) is 4.68. The molecular formula is C19H27FN6. The molecule has 1 aromatic heterocycles. The lowest BCUT2D eigenvalue weighted by Crippen LogP contribution is -2.44. The zero-order valence-electron chi connectivity index (χ0n) is 15.4. The summed E-state index contributed by atoms with van der Waals surface area (Å²) in [6, 6.07) is 7.09. The molecule has 7 heteroatoms. The van der Waals surface area contributed by atoms with Crippen molar-refractivity contribution in [2.45, 2.75) is 38.6 Å². The summed E-state index contributed by atoms with van der Waals surface area (Å²) in [4.78, 5) is 11.6. The van der Waals surface area contributed by atoms with Gasteiger partial charge in [0, 0.05) is 36.6 Å². The van der Waals surface area contributed by atoms with Crippen molar-refractivity contribution in [1.82, 2.24) is 15.3 Å². The van der Waals surface area contributed by atoms with Crippen LogP contribution in [0, 0.1) is 5.82 Å². The number of likely N-dealkylation sites (N-methyl/N-ethyl adjacent to an activating group) is 1. The number of aromatic nitrogens is 2. The minimum Gasteiger partial charge on any atom is -0.396 e. The fraction of sp³-hybridized carbons (Fsp3) is 0.474. The second kappa shape index (κ2) is 8.31. The molecule has 140 valence electrons. The molecule has 0 radical (unpaired) electrons. The summed E-state index contributed by atoms with van der Waals surface area (Å²) in [5.74, 6) is 1.02. The number of piperidine rings is 1. The van der Waals surface area contributed by atoms with Crippen molar-refractivity contribution in [2.75, 3.05) is 36.1 Å². The van der Waals surface area contributed by atoms with Crippen molar-refractivity contribution in [3.63, 3.8) is 0 Å². The topological polar surface area (TPSA) is 79.1 Å². The molecule has 0 amide bonds. The van der Waals surface area contributed by atoms with Gasteiger partial charge in [-0.05, 0) is 44.5 Å². The molecule has 0 saturated carbocycles. The Morgan fingerprint density at radius 1 is 1.31 bits per heavy atom. The van der Waals surface area contributed by atoms with E-state index in [1.54, 1.807) is 12.1 Å². The predicted octanol–water partition coefficient (Wildman–Crippen LogP) is 3.08. The highest BCUT2D eigenvalue weighted by Crippen LogP contribution is 2.24. The molecule has 0 bridgehead atoms. The Morgan fingerprint density at radius 2 is 2.15 bits per heavy atom. The van der Waals surface area contributed by atoms with Gasteiger partial charge in [0.15, 0.2) is 0 Å². The summed E-state index contributed by atoms with van der Waals surface area (Å²) in [6.45, 7) is 4.05. The zero-order valence-corrected chi connectivity index (χ0v) is 15.4. The van der Waals surface area contributed by atoms with Crippen LogP contribution in [0.5, 0.6) is 0 Å². The number of nitrogens with zero attached hydrogens (tertiary/aromatic N) is 3. The molecule has 1 saturated heterocycles. The molecule has 2 aromatic rings. The van der Waals surface area contributed by atoms with Gasteiger partial charge in [-0.15, -0.1) is 0 Å². The van der Waals surface area contributed by atoms with Crippen LogP contribution in [0.25, 0.3) is 0 Å². The van der Waals surface area contributed by atoms with E-state index >= 15 is 0 Å². The van der Waals surface area contributed by atoms with Crippen molar-refractivity contribution >= 4 is 23.1 Å². The van der Waals surface area contributed by atoms with Gasteiger partial charge < -0.3 is 21.3 Å². The molecule has 6 nitrogen and oxygen atoms in total. The molecule has 2 heterocycles. The van der Waals surface area contributed by atoms with E-state index in [9.17, 15) is 4.39 Å². The Hall–Kier alpha value is -2.41. The Bertz CT molecular complexity index is 751. The molecule has 0 spiro atoms. The first-order chi connectivity index (χ1) is 12.6. The number of anilines is 4. The van der Waals surface area contributed by atoms with E-state index in [-0.39, 0.29) is 5.69 Å². The van der Waals surface area contributed by atoms with Crippen LogP contribution in [0.2, 0.25) is 0 Å². The fourth-order valence-corrected chi connectivity index (χ4v) is 3.26. The first kappa shape index (κ1) is 18.4. The molecule has 3 rings (SSSR count). The van der Waals surface area contributed by atoms with Gasteiger partial charge in [-0.3, -0.25) is 0 Å². The lowest BCUT2D eigenvalue weighted by Gasteiger charge is -2.33. The highest BCUT2D eigenvalue weighted by atomic mass is 19.1. The van der Waals surface area contributed by atoms with Gasteiger partial charge in [-0.25, -0.2) is 9.37 Å². The molecule has 1 atom stereocenters. The van der Waals surface area contributed by atoms with E-state index in [1.165, 1.54) is 12.5 Å². The summed E-state index contributed by atoms with van der Waals surface area (Å²) in [5.41, 5.74) is 7.44. The van der Waals surface area contributed by atoms with Crippen molar-refractivity contribution in [2.24, 2.45) is 0 Å². The minimum absolute atomic E-state index is 0.104. The molecule has 1 fully saturated rings. The molecule has 26 heavy (non-hydrogen) atoms. The average Bonchev–Trinajstić information content (AvgIpc) is 2.65. The zero-order chi connectivity index (χ0) is 18.5. The number of nitrogen functional groups attached to an aromatic ring is 1. The molecule has 0 aliphatic carbocycles. The first-order valence-corrected chi connectivity index (χ1v) is 9.21. The summed E-state index contributed by atoms with van der Waals surface area (Å²) in [6.07, 6.45) is 4.22. The number of hydrogen-bond donors (Lipinski definition) is 3. The van der Waals surface area contributed by atoms with Crippen LogP contribution < -0.4 is 21.3 Å². The van der Waals surface area contributed by atoms with E-state index in [0.717, 1.165) is 43.9 Å².